The molecule has 0 unspecified atom stereocenters. The Morgan fingerprint density at radius 3 is 2.53 bits per heavy atom. The van der Waals surface area contributed by atoms with Crippen LogP contribution in [0.15, 0.2) is 48.7 Å². The number of likely N-dealkylation sites (tertiary alicyclic amines) is 2. The standard InChI is InChI=1S/C27H34N4O3/c32-24-7-4-14-28-23(24)19-31-18-13-27(26(31)34)11-16-30(17-12-27)15-10-22(20-5-2-1-3-6-20)29-25(33)21-8-9-21/h1-7,14,21-22,32H,8-13,15-19H2,(H,29,33)/t22-/m0/s1. The number of piperidine rings is 1. The third-order valence-electron chi connectivity index (χ3n) is 7.82. The summed E-state index contributed by atoms with van der Waals surface area (Å²) in [6.07, 6.45) is 7.13. The Bertz CT molecular complexity index is 1020. The van der Waals surface area contributed by atoms with Crippen LogP contribution in [-0.2, 0) is 16.1 Å². The van der Waals surface area contributed by atoms with Gasteiger partial charge < -0.3 is 20.2 Å². The van der Waals surface area contributed by atoms with Crippen LogP contribution in [0.5, 0.6) is 5.75 Å². The summed E-state index contributed by atoms with van der Waals surface area (Å²) in [7, 11) is 0. The van der Waals surface area contributed by atoms with Gasteiger partial charge in [0.2, 0.25) is 11.8 Å². The number of hydrogen-bond donors (Lipinski definition) is 2. The molecule has 34 heavy (non-hydrogen) atoms. The van der Waals surface area contributed by atoms with Crippen molar-refractivity contribution in [3.63, 3.8) is 0 Å². The third kappa shape index (κ3) is 4.94. The zero-order valence-electron chi connectivity index (χ0n) is 19.7. The van der Waals surface area contributed by atoms with E-state index >= 15 is 0 Å². The number of aromatic nitrogens is 1. The SMILES string of the molecule is O=C(N[C@@H](CCN1CCC2(CC1)CCN(Cc1ncccc1O)C2=O)c1ccccc1)C1CC1. The van der Waals surface area contributed by atoms with Gasteiger partial charge in [0.05, 0.1) is 18.0 Å². The maximum Gasteiger partial charge on any atom is 0.229 e. The molecule has 0 bridgehead atoms. The maximum atomic E-state index is 13.3. The summed E-state index contributed by atoms with van der Waals surface area (Å²) in [5, 5.41) is 13.3. The second kappa shape index (κ2) is 9.74. The van der Waals surface area contributed by atoms with Crippen LogP contribution in [-0.4, -0.2) is 57.9 Å². The summed E-state index contributed by atoms with van der Waals surface area (Å²) in [6, 6.07) is 13.6. The van der Waals surface area contributed by atoms with E-state index in [0.717, 1.165) is 70.3 Å². The first-order chi connectivity index (χ1) is 16.5. The van der Waals surface area contributed by atoms with E-state index in [4.69, 9.17) is 0 Å². The highest BCUT2D eigenvalue weighted by molar-refractivity contribution is 5.85. The van der Waals surface area contributed by atoms with Gasteiger partial charge in [-0.1, -0.05) is 30.3 Å². The van der Waals surface area contributed by atoms with Crippen molar-refractivity contribution in [2.24, 2.45) is 11.3 Å². The van der Waals surface area contributed by atoms with E-state index in [1.807, 2.05) is 23.1 Å². The quantitative estimate of drug-likeness (QED) is 0.629. The molecule has 2 aromatic rings. The van der Waals surface area contributed by atoms with Crippen molar-refractivity contribution in [3.8, 4) is 5.75 Å². The highest BCUT2D eigenvalue weighted by atomic mass is 16.3. The first kappa shape index (κ1) is 22.8. The van der Waals surface area contributed by atoms with Crippen LogP contribution < -0.4 is 5.32 Å². The lowest BCUT2D eigenvalue weighted by Crippen LogP contribution is -2.45. The van der Waals surface area contributed by atoms with E-state index in [1.165, 1.54) is 0 Å². The van der Waals surface area contributed by atoms with Crippen molar-refractivity contribution >= 4 is 11.8 Å². The number of nitrogens with zero attached hydrogens (tertiary/aromatic N) is 3. The number of carbonyl (C=O) groups excluding carboxylic acids is 2. The van der Waals surface area contributed by atoms with Gasteiger partial charge in [-0.2, -0.15) is 0 Å². The van der Waals surface area contributed by atoms with Gasteiger partial charge >= 0.3 is 0 Å². The fourth-order valence-electron chi connectivity index (χ4n) is 5.40. The number of hydrogen-bond acceptors (Lipinski definition) is 5. The molecule has 2 N–H and O–H groups in total. The van der Waals surface area contributed by atoms with Gasteiger partial charge in [-0.05, 0) is 69.3 Å². The van der Waals surface area contributed by atoms with E-state index in [0.29, 0.717) is 12.2 Å². The molecule has 1 spiro atoms. The zero-order chi connectivity index (χ0) is 23.5. The van der Waals surface area contributed by atoms with Crippen molar-refractivity contribution in [2.75, 3.05) is 26.2 Å². The minimum Gasteiger partial charge on any atom is -0.506 e. The summed E-state index contributed by atoms with van der Waals surface area (Å²) in [4.78, 5) is 34.3. The lowest BCUT2D eigenvalue weighted by atomic mass is 9.77. The monoisotopic (exact) mass is 462 g/mol. The number of benzene rings is 1. The molecule has 0 radical (unpaired) electrons. The van der Waals surface area contributed by atoms with Gasteiger partial charge in [-0.15, -0.1) is 0 Å². The lowest BCUT2D eigenvalue weighted by molar-refractivity contribution is -0.139. The molecule has 7 nitrogen and oxygen atoms in total. The van der Waals surface area contributed by atoms with Gasteiger partial charge in [0.15, 0.2) is 0 Å². The van der Waals surface area contributed by atoms with Crippen LogP contribution in [0, 0.1) is 11.3 Å². The summed E-state index contributed by atoms with van der Waals surface area (Å²) >= 11 is 0. The van der Waals surface area contributed by atoms with E-state index < -0.39 is 0 Å². The Balaban J connectivity index is 1.15. The second-order valence-corrected chi connectivity index (χ2v) is 10.1. The lowest BCUT2D eigenvalue weighted by Gasteiger charge is -2.38. The Kier molecular flexibility index (Phi) is 6.55. The third-order valence-corrected chi connectivity index (χ3v) is 7.82. The number of aromatic hydroxyl groups is 1. The second-order valence-electron chi connectivity index (χ2n) is 10.1. The molecular formula is C27H34N4O3. The van der Waals surface area contributed by atoms with Crippen molar-refractivity contribution in [2.45, 2.75) is 51.1 Å². The number of pyridine rings is 1. The molecule has 2 aliphatic heterocycles. The summed E-state index contributed by atoms with van der Waals surface area (Å²) in [5.74, 6) is 0.733. The van der Waals surface area contributed by atoms with E-state index in [1.54, 1.807) is 18.3 Å². The van der Waals surface area contributed by atoms with Crippen LogP contribution in [0.1, 0.15) is 55.8 Å². The Morgan fingerprint density at radius 2 is 1.82 bits per heavy atom. The van der Waals surface area contributed by atoms with E-state index in [-0.39, 0.29) is 34.9 Å². The molecule has 1 aliphatic carbocycles. The van der Waals surface area contributed by atoms with E-state index in [2.05, 4.69) is 27.3 Å². The molecule has 7 heteroatoms. The molecule has 2 saturated heterocycles. The van der Waals surface area contributed by atoms with Gasteiger partial charge in [0.25, 0.3) is 0 Å². The number of nitrogens with one attached hydrogen (secondary N) is 1. The number of carbonyl (C=O) groups is 2. The first-order valence-corrected chi connectivity index (χ1v) is 12.5. The summed E-state index contributed by atoms with van der Waals surface area (Å²) < 4.78 is 0. The number of rotatable bonds is 8. The van der Waals surface area contributed by atoms with Crippen LogP contribution >= 0.6 is 0 Å². The van der Waals surface area contributed by atoms with Crippen LogP contribution in [0.4, 0.5) is 0 Å². The molecule has 5 rings (SSSR count). The molecule has 1 aromatic carbocycles. The predicted octanol–water partition coefficient (Wildman–Crippen LogP) is 3.26. The van der Waals surface area contributed by atoms with Gasteiger partial charge in [0.1, 0.15) is 11.4 Å². The van der Waals surface area contributed by atoms with Crippen LogP contribution in [0.2, 0.25) is 0 Å². The zero-order valence-corrected chi connectivity index (χ0v) is 19.7. The summed E-state index contributed by atoms with van der Waals surface area (Å²) in [5.41, 5.74) is 1.44. The number of amides is 2. The predicted molar refractivity (Wildman–Crippen MR) is 129 cm³/mol. The molecule has 3 heterocycles. The van der Waals surface area contributed by atoms with Gasteiger partial charge in [0, 0.05) is 25.2 Å². The van der Waals surface area contributed by atoms with Gasteiger partial charge in [-0.25, -0.2) is 0 Å². The van der Waals surface area contributed by atoms with Crippen molar-refractivity contribution in [3.05, 3.63) is 59.9 Å². The normalized spacial score (nSPS) is 21.1. The highest BCUT2D eigenvalue weighted by Crippen LogP contribution is 2.42. The molecule has 3 fully saturated rings. The molecule has 2 amide bonds. The summed E-state index contributed by atoms with van der Waals surface area (Å²) in [6.45, 7) is 3.79. The minimum absolute atomic E-state index is 0.0276. The fraction of sp³-hybridized carbons (Fsp3) is 0.519. The molecule has 1 aromatic heterocycles. The average Bonchev–Trinajstić information content (AvgIpc) is 3.68. The Hall–Kier alpha value is -2.93. The smallest absolute Gasteiger partial charge is 0.229 e. The first-order valence-electron chi connectivity index (χ1n) is 12.5. The molecule has 3 aliphatic rings. The highest BCUT2D eigenvalue weighted by Gasteiger charge is 2.48. The van der Waals surface area contributed by atoms with Crippen molar-refractivity contribution < 1.29 is 14.7 Å². The largest absolute Gasteiger partial charge is 0.506 e. The average molecular weight is 463 g/mol. The molecule has 1 atom stereocenters. The van der Waals surface area contributed by atoms with Crippen LogP contribution in [0.25, 0.3) is 0 Å². The minimum atomic E-state index is -0.278. The van der Waals surface area contributed by atoms with E-state index in [9.17, 15) is 14.7 Å². The molecule has 1 saturated carbocycles. The topological polar surface area (TPSA) is 85.8 Å². The van der Waals surface area contributed by atoms with Crippen molar-refractivity contribution in [1.82, 2.24) is 20.1 Å². The molecule has 180 valence electrons. The fourth-order valence-corrected chi connectivity index (χ4v) is 5.40. The Labute approximate surface area is 201 Å². The van der Waals surface area contributed by atoms with Gasteiger partial charge in [-0.3, -0.25) is 14.6 Å². The maximum absolute atomic E-state index is 13.3. The molecular weight excluding hydrogens is 428 g/mol. The van der Waals surface area contributed by atoms with Crippen molar-refractivity contribution in [1.29, 1.82) is 0 Å². The Morgan fingerprint density at radius 1 is 1.09 bits per heavy atom. The van der Waals surface area contributed by atoms with Crippen LogP contribution in [0.3, 0.4) is 0 Å².